The fraction of sp³-hybridized carbons (Fsp3) is 0.435. The van der Waals surface area contributed by atoms with E-state index in [-0.39, 0.29) is 28.3 Å². The number of nitrogens with zero attached hydrogens (tertiary/aromatic N) is 2. The van der Waals surface area contributed by atoms with Crippen LogP contribution in [0, 0.1) is 11.2 Å². The number of aromatic nitrogens is 1. The van der Waals surface area contributed by atoms with E-state index in [9.17, 15) is 14.0 Å². The predicted octanol–water partition coefficient (Wildman–Crippen LogP) is 4.87. The van der Waals surface area contributed by atoms with Gasteiger partial charge in [0.05, 0.1) is 5.69 Å². The standard InChI is InChI=1S/C23H24ClFN2O2/c1-3-20(29)27(2)18-8-7-16(11-17(18)25)22-12-23(13-22,14-22)19(28)9-6-15-5-4-10-26-21(15)24/h4-5,7-8,10-11H,3,6,9,12-14H2,1-2H3. The number of ketones is 1. The SMILES string of the molecule is CCC(=O)N(C)c1ccc(C23CC(C(=O)CCc4cccnc4Cl)(C2)C3)cc1F. The molecule has 3 aliphatic rings. The monoisotopic (exact) mass is 414 g/mol. The Morgan fingerprint density at radius 3 is 2.59 bits per heavy atom. The van der Waals surface area contributed by atoms with Gasteiger partial charge in [0.25, 0.3) is 0 Å². The predicted molar refractivity (Wildman–Crippen MR) is 111 cm³/mol. The summed E-state index contributed by atoms with van der Waals surface area (Å²) in [6.07, 6.45) is 5.36. The summed E-state index contributed by atoms with van der Waals surface area (Å²) < 4.78 is 14.6. The van der Waals surface area contributed by atoms with Crippen molar-refractivity contribution >= 4 is 29.0 Å². The Morgan fingerprint density at radius 2 is 1.97 bits per heavy atom. The fourth-order valence-electron chi connectivity index (χ4n) is 4.99. The molecule has 6 heteroatoms. The number of hydrogen-bond acceptors (Lipinski definition) is 3. The molecule has 2 aromatic rings. The highest BCUT2D eigenvalue weighted by molar-refractivity contribution is 6.30. The molecule has 1 aromatic heterocycles. The largest absolute Gasteiger partial charge is 0.313 e. The first-order chi connectivity index (χ1) is 13.8. The van der Waals surface area contributed by atoms with Crippen molar-refractivity contribution in [2.45, 2.75) is 50.9 Å². The molecule has 0 N–H and O–H groups in total. The lowest BCUT2D eigenvalue weighted by Gasteiger charge is -2.70. The first-order valence-electron chi connectivity index (χ1n) is 9.99. The second-order valence-corrected chi connectivity index (χ2v) is 8.80. The molecule has 3 fully saturated rings. The second kappa shape index (κ2) is 7.21. The normalized spacial score (nSPS) is 24.4. The topological polar surface area (TPSA) is 50.3 Å². The van der Waals surface area contributed by atoms with Crippen LogP contribution in [0.15, 0.2) is 36.5 Å². The van der Waals surface area contributed by atoms with Crippen molar-refractivity contribution in [3.05, 3.63) is 58.6 Å². The van der Waals surface area contributed by atoms with E-state index >= 15 is 0 Å². The number of rotatable bonds is 7. The molecular weight excluding hydrogens is 391 g/mol. The minimum absolute atomic E-state index is 0.0890. The average Bonchev–Trinajstić information content (AvgIpc) is 2.64. The summed E-state index contributed by atoms with van der Waals surface area (Å²) in [4.78, 5) is 30.0. The Balaban J connectivity index is 1.39. The Bertz CT molecular complexity index is 971. The number of anilines is 1. The molecule has 152 valence electrons. The first-order valence-corrected chi connectivity index (χ1v) is 10.4. The third-order valence-electron chi connectivity index (χ3n) is 6.68. The van der Waals surface area contributed by atoms with Gasteiger partial charge in [-0.2, -0.15) is 0 Å². The molecule has 3 aliphatic carbocycles. The zero-order chi connectivity index (χ0) is 20.8. The van der Waals surface area contributed by atoms with Gasteiger partial charge in [0, 0.05) is 31.5 Å². The average molecular weight is 415 g/mol. The Morgan fingerprint density at radius 1 is 1.24 bits per heavy atom. The van der Waals surface area contributed by atoms with Crippen molar-refractivity contribution in [2.75, 3.05) is 11.9 Å². The van der Waals surface area contributed by atoms with Crippen LogP contribution in [-0.4, -0.2) is 23.7 Å². The second-order valence-electron chi connectivity index (χ2n) is 8.44. The number of Topliss-reactive ketones (excluding diaryl/α,β-unsaturated/α-hetero) is 1. The number of hydrogen-bond donors (Lipinski definition) is 0. The Labute approximate surface area is 175 Å². The molecule has 5 rings (SSSR count). The Hall–Kier alpha value is -2.27. The van der Waals surface area contributed by atoms with E-state index < -0.39 is 0 Å². The summed E-state index contributed by atoms with van der Waals surface area (Å²) in [7, 11) is 1.59. The van der Waals surface area contributed by atoms with Crippen molar-refractivity contribution in [1.29, 1.82) is 0 Å². The Kier molecular flexibility index (Phi) is 4.97. The summed E-state index contributed by atoms with van der Waals surface area (Å²) in [5.41, 5.74) is 1.78. The number of halogens is 2. The molecule has 0 saturated heterocycles. The summed E-state index contributed by atoms with van der Waals surface area (Å²) in [6, 6.07) is 8.85. The fourth-order valence-corrected chi connectivity index (χ4v) is 5.20. The molecule has 2 bridgehead atoms. The van der Waals surface area contributed by atoms with Crippen LogP contribution in [0.4, 0.5) is 10.1 Å². The lowest BCUT2D eigenvalue weighted by Crippen LogP contribution is -2.67. The van der Waals surface area contributed by atoms with Crippen LogP contribution in [0.1, 0.15) is 50.2 Å². The van der Waals surface area contributed by atoms with Crippen molar-refractivity contribution in [3.8, 4) is 0 Å². The molecule has 3 saturated carbocycles. The van der Waals surface area contributed by atoms with Crippen LogP contribution in [0.25, 0.3) is 0 Å². The van der Waals surface area contributed by atoms with E-state index in [1.807, 2.05) is 18.2 Å². The van der Waals surface area contributed by atoms with Gasteiger partial charge in [-0.3, -0.25) is 9.59 Å². The zero-order valence-corrected chi connectivity index (χ0v) is 17.4. The number of carbonyl (C=O) groups excluding carboxylic acids is 2. The third kappa shape index (κ3) is 3.25. The van der Waals surface area contributed by atoms with Crippen LogP contribution in [0.3, 0.4) is 0 Å². The van der Waals surface area contributed by atoms with Gasteiger partial charge in [-0.15, -0.1) is 0 Å². The van der Waals surface area contributed by atoms with E-state index in [1.54, 1.807) is 26.2 Å². The van der Waals surface area contributed by atoms with Crippen molar-refractivity contribution in [3.63, 3.8) is 0 Å². The quantitative estimate of drug-likeness (QED) is 0.607. The molecule has 0 unspecified atom stereocenters. The van der Waals surface area contributed by atoms with Gasteiger partial charge in [-0.05, 0) is 60.4 Å². The van der Waals surface area contributed by atoms with Gasteiger partial charge < -0.3 is 4.90 Å². The van der Waals surface area contributed by atoms with Crippen molar-refractivity contribution in [1.82, 2.24) is 4.98 Å². The number of carbonyl (C=O) groups is 2. The third-order valence-corrected chi connectivity index (χ3v) is 7.02. The number of amides is 1. The van der Waals surface area contributed by atoms with Gasteiger partial charge in [0.15, 0.2) is 0 Å². The van der Waals surface area contributed by atoms with E-state index in [2.05, 4.69) is 4.98 Å². The maximum atomic E-state index is 14.6. The van der Waals surface area contributed by atoms with Gasteiger partial charge >= 0.3 is 0 Å². The van der Waals surface area contributed by atoms with Crippen LogP contribution in [0.5, 0.6) is 0 Å². The van der Waals surface area contributed by atoms with Gasteiger partial charge in [-0.25, -0.2) is 9.37 Å². The van der Waals surface area contributed by atoms with Crippen LogP contribution in [-0.2, 0) is 21.4 Å². The summed E-state index contributed by atoms with van der Waals surface area (Å²) in [5, 5.41) is 0.455. The molecule has 0 radical (unpaired) electrons. The van der Waals surface area contributed by atoms with Crippen LogP contribution in [0.2, 0.25) is 5.15 Å². The molecule has 1 aromatic carbocycles. The molecule has 0 aliphatic heterocycles. The molecular formula is C23H24ClFN2O2. The highest BCUT2D eigenvalue weighted by Crippen LogP contribution is 2.74. The molecule has 29 heavy (non-hydrogen) atoms. The van der Waals surface area contributed by atoms with E-state index in [0.717, 1.165) is 30.4 Å². The molecule has 4 nitrogen and oxygen atoms in total. The minimum atomic E-state index is -0.386. The van der Waals surface area contributed by atoms with E-state index in [4.69, 9.17) is 11.6 Å². The smallest absolute Gasteiger partial charge is 0.226 e. The highest BCUT2D eigenvalue weighted by atomic mass is 35.5. The zero-order valence-electron chi connectivity index (χ0n) is 16.7. The van der Waals surface area contributed by atoms with E-state index in [0.29, 0.717) is 30.1 Å². The molecule has 1 heterocycles. The summed E-state index contributed by atoms with van der Waals surface area (Å²) in [6.45, 7) is 1.76. The summed E-state index contributed by atoms with van der Waals surface area (Å²) >= 11 is 6.08. The van der Waals surface area contributed by atoms with Crippen molar-refractivity contribution < 1.29 is 14.0 Å². The summed E-state index contributed by atoms with van der Waals surface area (Å²) in [5.74, 6) is -0.242. The molecule has 0 spiro atoms. The van der Waals surface area contributed by atoms with E-state index in [1.165, 1.54) is 11.0 Å². The minimum Gasteiger partial charge on any atom is -0.313 e. The van der Waals surface area contributed by atoms with Gasteiger partial charge in [0.1, 0.15) is 16.8 Å². The maximum absolute atomic E-state index is 14.6. The van der Waals surface area contributed by atoms with Crippen LogP contribution >= 0.6 is 11.6 Å². The lowest BCUT2D eigenvalue weighted by molar-refractivity contribution is -0.173. The first kappa shape index (κ1) is 20.0. The van der Waals surface area contributed by atoms with Crippen LogP contribution < -0.4 is 4.90 Å². The van der Waals surface area contributed by atoms with Gasteiger partial charge in [-0.1, -0.05) is 30.7 Å². The molecule has 0 atom stereocenters. The number of benzene rings is 1. The number of aryl methyl sites for hydroxylation is 1. The maximum Gasteiger partial charge on any atom is 0.226 e. The van der Waals surface area contributed by atoms with Gasteiger partial charge in [0.2, 0.25) is 5.91 Å². The lowest BCUT2D eigenvalue weighted by atomic mass is 9.32. The van der Waals surface area contributed by atoms with Crippen molar-refractivity contribution in [2.24, 2.45) is 5.41 Å². The number of pyridine rings is 1. The highest BCUT2D eigenvalue weighted by Gasteiger charge is 2.71. The molecule has 1 amide bonds.